The van der Waals surface area contributed by atoms with E-state index in [0.717, 1.165) is 12.8 Å². The van der Waals surface area contributed by atoms with E-state index in [4.69, 9.17) is 5.26 Å². The molecule has 0 amide bonds. The molecule has 0 radical (unpaired) electrons. The van der Waals surface area contributed by atoms with E-state index in [9.17, 15) is 4.79 Å². The zero-order valence-corrected chi connectivity index (χ0v) is 7.55. The first kappa shape index (κ1) is 9.25. The fourth-order valence-electron chi connectivity index (χ4n) is 1.99. The van der Waals surface area contributed by atoms with Crippen molar-refractivity contribution in [2.75, 3.05) is 0 Å². The minimum absolute atomic E-state index is 0.00926. The zero-order valence-electron chi connectivity index (χ0n) is 7.55. The summed E-state index contributed by atoms with van der Waals surface area (Å²) in [6.45, 7) is 1.57. The van der Waals surface area contributed by atoms with Crippen LogP contribution in [0.25, 0.3) is 0 Å². The Labute approximate surface area is 73.6 Å². The van der Waals surface area contributed by atoms with Gasteiger partial charge in [0.15, 0.2) is 0 Å². The third-order valence-corrected chi connectivity index (χ3v) is 2.64. The van der Waals surface area contributed by atoms with Gasteiger partial charge < -0.3 is 0 Å². The molecular formula is C10H15NO. The Morgan fingerprint density at radius 1 is 1.58 bits per heavy atom. The first-order valence-corrected chi connectivity index (χ1v) is 4.63. The maximum atomic E-state index is 10.8. The van der Waals surface area contributed by atoms with Gasteiger partial charge in [-0.05, 0) is 25.7 Å². The van der Waals surface area contributed by atoms with Crippen molar-refractivity contribution >= 4 is 5.78 Å². The molecular weight excluding hydrogens is 150 g/mol. The second-order valence-electron chi connectivity index (χ2n) is 3.69. The molecule has 1 aliphatic carbocycles. The lowest BCUT2D eigenvalue weighted by Crippen LogP contribution is -2.12. The molecule has 0 aromatic heterocycles. The number of ketones is 1. The number of rotatable bonds is 3. The van der Waals surface area contributed by atoms with Gasteiger partial charge in [-0.15, -0.1) is 0 Å². The molecule has 1 rings (SSSR count). The largest absolute Gasteiger partial charge is 0.300 e. The van der Waals surface area contributed by atoms with Gasteiger partial charge in [0.1, 0.15) is 5.78 Å². The van der Waals surface area contributed by atoms with Crippen molar-refractivity contribution < 1.29 is 4.79 Å². The zero-order chi connectivity index (χ0) is 8.97. The Balaban J connectivity index is 2.44. The first-order valence-electron chi connectivity index (χ1n) is 4.63. The summed E-state index contributed by atoms with van der Waals surface area (Å²) in [5.41, 5.74) is 0. The number of Topliss-reactive ketones (excluding diaryl/α,β-unsaturated/α-hetero) is 1. The van der Waals surface area contributed by atoms with Crippen molar-refractivity contribution in [1.82, 2.24) is 0 Å². The Hall–Kier alpha value is -0.840. The van der Waals surface area contributed by atoms with Gasteiger partial charge in [0.25, 0.3) is 0 Å². The molecule has 66 valence electrons. The van der Waals surface area contributed by atoms with E-state index in [1.54, 1.807) is 6.92 Å². The normalized spacial score (nSPS) is 20.3. The van der Waals surface area contributed by atoms with Crippen molar-refractivity contribution in [3.63, 3.8) is 0 Å². The predicted octanol–water partition coefficient (Wildman–Crippen LogP) is 2.30. The molecule has 2 nitrogen and oxygen atoms in total. The molecule has 0 saturated heterocycles. The van der Waals surface area contributed by atoms with E-state index in [-0.39, 0.29) is 11.7 Å². The highest BCUT2D eigenvalue weighted by Gasteiger charge is 2.25. The molecule has 0 aromatic carbocycles. The summed E-state index contributed by atoms with van der Waals surface area (Å²) in [4.78, 5) is 10.8. The van der Waals surface area contributed by atoms with Crippen LogP contribution in [-0.2, 0) is 4.79 Å². The monoisotopic (exact) mass is 165 g/mol. The van der Waals surface area contributed by atoms with Gasteiger partial charge in [-0.3, -0.25) is 4.79 Å². The minimum Gasteiger partial charge on any atom is -0.300 e. The van der Waals surface area contributed by atoms with E-state index >= 15 is 0 Å². The van der Waals surface area contributed by atoms with Crippen LogP contribution < -0.4 is 0 Å². The maximum absolute atomic E-state index is 10.8. The third kappa shape index (κ3) is 2.34. The predicted molar refractivity (Wildman–Crippen MR) is 46.4 cm³/mol. The van der Waals surface area contributed by atoms with Crippen LogP contribution in [0.5, 0.6) is 0 Å². The van der Waals surface area contributed by atoms with E-state index in [1.165, 1.54) is 12.8 Å². The minimum atomic E-state index is -0.00926. The van der Waals surface area contributed by atoms with Crippen molar-refractivity contribution in [3.8, 4) is 6.07 Å². The van der Waals surface area contributed by atoms with E-state index < -0.39 is 0 Å². The van der Waals surface area contributed by atoms with Crippen LogP contribution in [0.1, 0.15) is 39.0 Å². The maximum Gasteiger partial charge on any atom is 0.131 e. The molecule has 0 aliphatic heterocycles. The number of nitriles is 1. The second kappa shape index (κ2) is 4.25. The lowest BCUT2D eigenvalue weighted by molar-refractivity contribution is -0.117. The van der Waals surface area contributed by atoms with Gasteiger partial charge in [-0.2, -0.15) is 5.26 Å². The molecule has 0 spiro atoms. The van der Waals surface area contributed by atoms with Crippen molar-refractivity contribution in [2.45, 2.75) is 39.0 Å². The highest BCUT2D eigenvalue weighted by atomic mass is 16.1. The molecule has 0 aromatic rings. The smallest absolute Gasteiger partial charge is 0.131 e. The van der Waals surface area contributed by atoms with Crippen LogP contribution in [0.2, 0.25) is 0 Å². The van der Waals surface area contributed by atoms with Crippen LogP contribution in [0, 0.1) is 23.2 Å². The molecule has 0 N–H and O–H groups in total. The van der Waals surface area contributed by atoms with Gasteiger partial charge in [-0.1, -0.05) is 12.8 Å². The molecule has 0 bridgehead atoms. The summed E-state index contributed by atoms with van der Waals surface area (Å²) >= 11 is 0. The van der Waals surface area contributed by atoms with Gasteiger partial charge in [0.2, 0.25) is 0 Å². The topological polar surface area (TPSA) is 40.9 Å². The van der Waals surface area contributed by atoms with Gasteiger partial charge >= 0.3 is 0 Å². The number of nitrogens with zero attached hydrogens (tertiary/aromatic N) is 1. The summed E-state index contributed by atoms with van der Waals surface area (Å²) in [6.07, 6.45) is 5.22. The average molecular weight is 165 g/mol. The number of hydrogen-bond donors (Lipinski definition) is 0. The van der Waals surface area contributed by atoms with Gasteiger partial charge in [0, 0.05) is 6.42 Å². The second-order valence-corrected chi connectivity index (χ2v) is 3.69. The first-order chi connectivity index (χ1) is 5.74. The quantitative estimate of drug-likeness (QED) is 0.643. The Morgan fingerprint density at radius 2 is 2.17 bits per heavy atom. The Morgan fingerprint density at radius 3 is 2.58 bits per heavy atom. The lowest BCUT2D eigenvalue weighted by Gasteiger charge is -2.13. The summed E-state index contributed by atoms with van der Waals surface area (Å²) in [5.74, 6) is 0.636. The van der Waals surface area contributed by atoms with Crippen LogP contribution in [-0.4, -0.2) is 5.78 Å². The summed E-state index contributed by atoms with van der Waals surface area (Å²) in [7, 11) is 0. The highest BCUT2D eigenvalue weighted by molar-refractivity contribution is 5.76. The number of carbonyl (C=O) groups is 1. The van der Waals surface area contributed by atoms with Crippen LogP contribution in [0.3, 0.4) is 0 Å². The Bertz CT molecular complexity index is 198. The highest BCUT2D eigenvalue weighted by Crippen LogP contribution is 2.32. The van der Waals surface area contributed by atoms with Crippen molar-refractivity contribution in [2.24, 2.45) is 11.8 Å². The molecule has 1 saturated carbocycles. The van der Waals surface area contributed by atoms with E-state index in [2.05, 4.69) is 6.07 Å². The lowest BCUT2D eigenvalue weighted by atomic mass is 9.88. The molecule has 1 aliphatic rings. The van der Waals surface area contributed by atoms with Crippen molar-refractivity contribution in [1.29, 1.82) is 5.26 Å². The van der Waals surface area contributed by atoms with Gasteiger partial charge in [0.05, 0.1) is 12.0 Å². The summed E-state index contributed by atoms with van der Waals surface area (Å²) in [6, 6.07) is 2.25. The number of carbonyl (C=O) groups excluding carboxylic acids is 1. The van der Waals surface area contributed by atoms with Gasteiger partial charge in [-0.25, -0.2) is 0 Å². The number of hydrogen-bond acceptors (Lipinski definition) is 2. The molecule has 2 heteroatoms. The molecule has 1 fully saturated rings. The van der Waals surface area contributed by atoms with Crippen LogP contribution in [0.15, 0.2) is 0 Å². The van der Waals surface area contributed by atoms with E-state index in [0.29, 0.717) is 12.3 Å². The fourth-order valence-corrected chi connectivity index (χ4v) is 1.99. The van der Waals surface area contributed by atoms with Crippen LogP contribution in [0.4, 0.5) is 0 Å². The average Bonchev–Trinajstić information content (AvgIpc) is 2.51. The Kier molecular flexibility index (Phi) is 3.28. The molecule has 1 unspecified atom stereocenters. The molecule has 0 heterocycles. The molecule has 12 heavy (non-hydrogen) atoms. The third-order valence-electron chi connectivity index (χ3n) is 2.64. The summed E-state index contributed by atoms with van der Waals surface area (Å²) in [5, 5.41) is 8.83. The molecule has 1 atom stereocenters. The fraction of sp³-hybridized carbons (Fsp3) is 0.800. The standard InChI is InChI=1S/C10H15NO/c1-8(12)6-10(7-11)9-4-2-3-5-9/h9-10H,2-6H2,1H3. The SMILES string of the molecule is CC(=O)CC(C#N)C1CCCC1. The van der Waals surface area contributed by atoms with Crippen LogP contribution >= 0.6 is 0 Å². The van der Waals surface area contributed by atoms with E-state index in [1.807, 2.05) is 0 Å². The summed E-state index contributed by atoms with van der Waals surface area (Å²) < 4.78 is 0. The van der Waals surface area contributed by atoms with Crippen molar-refractivity contribution in [3.05, 3.63) is 0 Å².